The number of hydrogen-bond acceptors (Lipinski definition) is 4. The van der Waals surface area contributed by atoms with Gasteiger partial charge in [-0.3, -0.25) is 14.4 Å². The molecule has 0 aliphatic rings. The number of aromatic nitrogens is 1. The summed E-state index contributed by atoms with van der Waals surface area (Å²) >= 11 is 0. The number of aromatic amines is 1. The Morgan fingerprint density at radius 1 is 1.10 bits per heavy atom. The zero-order valence-corrected chi connectivity index (χ0v) is 16.4. The van der Waals surface area contributed by atoms with Crippen LogP contribution in [0.4, 0.5) is 18.9 Å². The molecule has 0 bridgehead atoms. The molecule has 3 rings (SSSR count). The van der Waals surface area contributed by atoms with Crippen LogP contribution in [0.15, 0.2) is 51.9 Å². The first kappa shape index (κ1) is 21.9. The van der Waals surface area contributed by atoms with Crippen molar-refractivity contribution in [2.75, 3.05) is 18.4 Å². The van der Waals surface area contributed by atoms with E-state index in [1.165, 1.54) is 18.4 Å². The van der Waals surface area contributed by atoms with E-state index in [0.29, 0.717) is 23.9 Å². The number of nitrogens with one attached hydrogen (secondary N) is 2. The van der Waals surface area contributed by atoms with Gasteiger partial charge in [-0.25, -0.2) is 13.2 Å². The van der Waals surface area contributed by atoms with Crippen LogP contribution in [0.1, 0.15) is 23.7 Å². The van der Waals surface area contributed by atoms with E-state index in [-0.39, 0.29) is 12.1 Å². The molecule has 7 nitrogen and oxygen atoms in total. The number of rotatable bonds is 7. The fraction of sp³-hybridized carbons (Fsp3) is 0.190. The van der Waals surface area contributed by atoms with Crippen LogP contribution in [0.2, 0.25) is 0 Å². The Bertz CT molecular complexity index is 1160. The molecule has 0 saturated heterocycles. The molecular formula is C21H18F3N3O4. The van der Waals surface area contributed by atoms with E-state index in [2.05, 4.69) is 10.3 Å². The first-order valence-electron chi connectivity index (χ1n) is 9.31. The van der Waals surface area contributed by atoms with Crippen molar-refractivity contribution in [3.63, 3.8) is 0 Å². The number of furan rings is 1. The van der Waals surface area contributed by atoms with Crippen molar-refractivity contribution in [1.29, 1.82) is 0 Å². The van der Waals surface area contributed by atoms with Crippen molar-refractivity contribution < 1.29 is 27.2 Å². The second-order valence-corrected chi connectivity index (χ2v) is 6.59. The molecule has 3 aromatic rings. The van der Waals surface area contributed by atoms with Crippen LogP contribution in [-0.4, -0.2) is 34.8 Å². The van der Waals surface area contributed by atoms with E-state index in [9.17, 15) is 27.6 Å². The van der Waals surface area contributed by atoms with Crippen LogP contribution >= 0.6 is 0 Å². The third kappa shape index (κ3) is 4.85. The molecule has 2 heterocycles. The van der Waals surface area contributed by atoms with Crippen molar-refractivity contribution >= 4 is 17.5 Å². The van der Waals surface area contributed by atoms with Gasteiger partial charge in [0.15, 0.2) is 17.5 Å². The van der Waals surface area contributed by atoms with Crippen LogP contribution < -0.4 is 10.9 Å². The summed E-state index contributed by atoms with van der Waals surface area (Å²) in [5.41, 5.74) is -1.06. The van der Waals surface area contributed by atoms with Crippen molar-refractivity contribution in [3.05, 3.63) is 76.0 Å². The molecule has 0 radical (unpaired) electrons. The highest BCUT2D eigenvalue weighted by Gasteiger charge is 2.22. The standard InChI is InChI=1S/C21H18F3N3O4/c1-2-9-27(11-17(28)25-15-8-6-13(22)18(23)19(15)24)21(30)12-5-7-14(26-20(12)29)16-4-3-10-31-16/h3-8,10H,2,9,11H2,1H3,(H,25,28)(H,26,29). The van der Waals surface area contributed by atoms with E-state index in [4.69, 9.17) is 4.42 Å². The Balaban J connectivity index is 1.77. The Hall–Kier alpha value is -3.82. The third-order valence-corrected chi connectivity index (χ3v) is 4.35. The lowest BCUT2D eigenvalue weighted by Crippen LogP contribution is -2.40. The number of H-pyrrole nitrogens is 1. The van der Waals surface area contributed by atoms with Gasteiger partial charge in [-0.05, 0) is 42.8 Å². The van der Waals surface area contributed by atoms with Gasteiger partial charge >= 0.3 is 0 Å². The minimum Gasteiger partial charge on any atom is -0.463 e. The highest BCUT2D eigenvalue weighted by atomic mass is 19.2. The predicted octanol–water partition coefficient (Wildman–Crippen LogP) is 3.54. The topological polar surface area (TPSA) is 95.4 Å². The minimum absolute atomic E-state index is 0.131. The molecule has 0 aliphatic carbocycles. The molecule has 0 atom stereocenters. The fourth-order valence-corrected chi connectivity index (χ4v) is 2.90. The first-order valence-corrected chi connectivity index (χ1v) is 9.31. The quantitative estimate of drug-likeness (QED) is 0.557. The normalized spacial score (nSPS) is 10.7. The molecule has 0 aliphatic heterocycles. The van der Waals surface area contributed by atoms with Crippen molar-refractivity contribution in [2.45, 2.75) is 13.3 Å². The monoisotopic (exact) mass is 433 g/mol. The van der Waals surface area contributed by atoms with Gasteiger partial charge in [-0.2, -0.15) is 0 Å². The van der Waals surface area contributed by atoms with Gasteiger partial charge in [-0.1, -0.05) is 6.92 Å². The molecule has 0 unspecified atom stereocenters. The van der Waals surface area contributed by atoms with E-state index in [0.717, 1.165) is 11.0 Å². The lowest BCUT2D eigenvalue weighted by Gasteiger charge is -2.21. The van der Waals surface area contributed by atoms with Crippen LogP contribution in [0, 0.1) is 17.5 Å². The van der Waals surface area contributed by atoms with Gasteiger partial charge in [-0.15, -0.1) is 0 Å². The predicted molar refractivity (Wildman–Crippen MR) is 106 cm³/mol. The summed E-state index contributed by atoms with van der Waals surface area (Å²) in [6.07, 6.45) is 1.91. The largest absolute Gasteiger partial charge is 0.463 e. The molecule has 0 spiro atoms. The second kappa shape index (κ2) is 9.33. The van der Waals surface area contributed by atoms with Crippen molar-refractivity contribution in [1.82, 2.24) is 9.88 Å². The Morgan fingerprint density at radius 3 is 2.52 bits per heavy atom. The van der Waals surface area contributed by atoms with Gasteiger partial charge in [0.2, 0.25) is 5.91 Å². The van der Waals surface area contributed by atoms with Crippen LogP contribution in [-0.2, 0) is 4.79 Å². The molecule has 2 aromatic heterocycles. The Labute approximate surface area is 174 Å². The number of halogens is 3. The Morgan fingerprint density at radius 2 is 1.87 bits per heavy atom. The molecule has 2 amide bonds. The number of amides is 2. The number of nitrogens with zero attached hydrogens (tertiary/aromatic N) is 1. The lowest BCUT2D eigenvalue weighted by atomic mass is 10.2. The van der Waals surface area contributed by atoms with Gasteiger partial charge in [0.1, 0.15) is 17.9 Å². The summed E-state index contributed by atoms with van der Waals surface area (Å²) < 4.78 is 45.4. The van der Waals surface area contributed by atoms with Gasteiger partial charge in [0, 0.05) is 6.54 Å². The van der Waals surface area contributed by atoms with E-state index in [1.54, 1.807) is 19.1 Å². The summed E-state index contributed by atoms with van der Waals surface area (Å²) in [5, 5.41) is 2.10. The second-order valence-electron chi connectivity index (χ2n) is 6.59. The maximum Gasteiger partial charge on any atom is 0.261 e. The number of pyridine rings is 1. The molecular weight excluding hydrogens is 415 g/mol. The number of benzene rings is 1. The first-order chi connectivity index (χ1) is 14.8. The van der Waals surface area contributed by atoms with E-state index in [1.807, 2.05) is 0 Å². The molecule has 0 saturated carbocycles. The average Bonchev–Trinajstić information content (AvgIpc) is 3.28. The summed E-state index contributed by atoms with van der Waals surface area (Å²) in [7, 11) is 0. The summed E-state index contributed by atoms with van der Waals surface area (Å²) in [6, 6.07) is 7.63. The molecule has 1 aromatic carbocycles. The number of carbonyl (C=O) groups is 2. The highest BCUT2D eigenvalue weighted by molar-refractivity contribution is 5.99. The fourth-order valence-electron chi connectivity index (χ4n) is 2.90. The molecule has 0 fully saturated rings. The maximum atomic E-state index is 13.8. The van der Waals surface area contributed by atoms with Crippen molar-refractivity contribution in [3.8, 4) is 11.5 Å². The van der Waals surface area contributed by atoms with Crippen molar-refractivity contribution in [2.24, 2.45) is 0 Å². The van der Waals surface area contributed by atoms with Crippen LogP contribution in [0.5, 0.6) is 0 Å². The third-order valence-electron chi connectivity index (χ3n) is 4.35. The maximum absolute atomic E-state index is 13.8. The summed E-state index contributed by atoms with van der Waals surface area (Å²) in [5.74, 6) is -5.80. The zero-order valence-electron chi connectivity index (χ0n) is 16.4. The molecule has 2 N–H and O–H groups in total. The number of carbonyl (C=O) groups excluding carboxylic acids is 2. The van der Waals surface area contributed by atoms with Gasteiger partial charge in [0.05, 0.1) is 17.6 Å². The number of hydrogen-bond donors (Lipinski definition) is 2. The van der Waals surface area contributed by atoms with Crippen LogP contribution in [0.25, 0.3) is 11.5 Å². The molecule has 10 heteroatoms. The lowest BCUT2D eigenvalue weighted by molar-refractivity contribution is -0.116. The molecule has 31 heavy (non-hydrogen) atoms. The summed E-state index contributed by atoms with van der Waals surface area (Å²) in [4.78, 5) is 41.2. The number of anilines is 1. The zero-order chi connectivity index (χ0) is 22.5. The smallest absolute Gasteiger partial charge is 0.261 e. The van der Waals surface area contributed by atoms with Gasteiger partial charge in [0.25, 0.3) is 11.5 Å². The Kier molecular flexibility index (Phi) is 6.58. The van der Waals surface area contributed by atoms with Gasteiger partial charge < -0.3 is 19.6 Å². The SMILES string of the molecule is CCCN(CC(=O)Nc1ccc(F)c(F)c1F)C(=O)c1ccc(-c2ccco2)[nH]c1=O. The average molecular weight is 433 g/mol. The van der Waals surface area contributed by atoms with E-state index < -0.39 is 47.1 Å². The summed E-state index contributed by atoms with van der Waals surface area (Å²) in [6.45, 7) is 1.37. The van der Waals surface area contributed by atoms with Crippen LogP contribution in [0.3, 0.4) is 0 Å². The minimum atomic E-state index is -1.72. The highest BCUT2D eigenvalue weighted by Crippen LogP contribution is 2.20. The van der Waals surface area contributed by atoms with E-state index >= 15 is 0 Å². The molecule has 162 valence electrons.